The van der Waals surface area contributed by atoms with Crippen LogP contribution in [0.15, 0.2) is 54.7 Å². The Labute approximate surface area is 236 Å². The monoisotopic (exact) mass is 583 g/mol. The van der Waals surface area contributed by atoms with Crippen LogP contribution in [0.4, 0.5) is 17.6 Å². The highest BCUT2D eigenvalue weighted by molar-refractivity contribution is 5.98. The molecule has 218 valence electrons. The molecule has 6 rings (SSSR count). The molecular formula is C29H25F4N5O4. The molecule has 1 aliphatic carbocycles. The number of nitrogens with two attached hydrogens (primary N) is 1. The second kappa shape index (κ2) is 9.51. The summed E-state index contributed by atoms with van der Waals surface area (Å²) in [4.78, 5) is 29.5. The summed E-state index contributed by atoms with van der Waals surface area (Å²) in [5.41, 5.74) is 0.179. The van der Waals surface area contributed by atoms with E-state index in [1.807, 2.05) is 0 Å². The van der Waals surface area contributed by atoms with Crippen LogP contribution in [-0.4, -0.2) is 51.0 Å². The lowest BCUT2D eigenvalue weighted by Crippen LogP contribution is -2.51. The van der Waals surface area contributed by atoms with Crippen molar-refractivity contribution >= 4 is 22.7 Å². The van der Waals surface area contributed by atoms with E-state index in [-0.39, 0.29) is 34.7 Å². The molecule has 42 heavy (non-hydrogen) atoms. The highest BCUT2D eigenvalue weighted by Gasteiger charge is 2.57. The summed E-state index contributed by atoms with van der Waals surface area (Å²) < 4.78 is 64.9. The minimum atomic E-state index is -5.32. The molecule has 0 bridgehead atoms. The van der Waals surface area contributed by atoms with Crippen molar-refractivity contribution in [2.45, 2.75) is 43.0 Å². The number of rotatable bonds is 7. The molecular weight excluding hydrogens is 558 g/mol. The van der Waals surface area contributed by atoms with Crippen LogP contribution in [0.25, 0.3) is 22.2 Å². The summed E-state index contributed by atoms with van der Waals surface area (Å²) in [5, 5.41) is 18.5. The number of primary amides is 1. The Hall–Kier alpha value is -4.52. The minimum absolute atomic E-state index is 0.0136. The number of carbonyl (C=O) groups excluding carboxylic acids is 2. The van der Waals surface area contributed by atoms with E-state index >= 15 is 0 Å². The summed E-state index contributed by atoms with van der Waals surface area (Å²) in [6.07, 6.45) is -1.54. The summed E-state index contributed by atoms with van der Waals surface area (Å²) in [6.45, 7) is -0.176. The van der Waals surface area contributed by atoms with Crippen molar-refractivity contribution in [2.24, 2.45) is 5.73 Å². The summed E-state index contributed by atoms with van der Waals surface area (Å²) >= 11 is 0. The van der Waals surface area contributed by atoms with E-state index in [9.17, 15) is 32.3 Å². The van der Waals surface area contributed by atoms with Gasteiger partial charge in [-0.15, -0.1) is 0 Å². The predicted molar refractivity (Wildman–Crippen MR) is 142 cm³/mol. The van der Waals surface area contributed by atoms with Gasteiger partial charge in [0.1, 0.15) is 29.3 Å². The van der Waals surface area contributed by atoms with Gasteiger partial charge in [-0.1, -0.05) is 0 Å². The van der Waals surface area contributed by atoms with Gasteiger partial charge in [-0.3, -0.25) is 14.3 Å². The topological polar surface area (TPSA) is 132 Å². The SMILES string of the molecule is C[C@]1(C(N)=O)COc2c1cc([C@@](O)(CNC(=O)c1ccc3nn(C4CC4)cc3c1)C(F)(F)F)nc2-c1ccc(F)cc1. The van der Waals surface area contributed by atoms with Crippen LogP contribution >= 0.6 is 0 Å². The zero-order chi connectivity index (χ0) is 30.0. The summed E-state index contributed by atoms with van der Waals surface area (Å²) in [6, 6.07) is 10.5. The van der Waals surface area contributed by atoms with Crippen molar-refractivity contribution in [3.8, 4) is 17.0 Å². The van der Waals surface area contributed by atoms with Crippen LogP contribution in [-0.2, 0) is 15.8 Å². The fourth-order valence-corrected chi connectivity index (χ4v) is 4.96. The molecule has 0 saturated heterocycles. The van der Waals surface area contributed by atoms with Crippen LogP contribution in [0.2, 0.25) is 0 Å². The van der Waals surface area contributed by atoms with Crippen molar-refractivity contribution in [3.63, 3.8) is 0 Å². The van der Waals surface area contributed by atoms with E-state index in [1.54, 1.807) is 16.9 Å². The summed E-state index contributed by atoms with van der Waals surface area (Å²) in [7, 11) is 0. The van der Waals surface area contributed by atoms with Gasteiger partial charge in [-0.2, -0.15) is 18.3 Å². The lowest BCUT2D eigenvalue weighted by Gasteiger charge is -2.31. The van der Waals surface area contributed by atoms with E-state index in [0.717, 1.165) is 31.0 Å². The highest BCUT2D eigenvalue weighted by atomic mass is 19.4. The maximum atomic E-state index is 14.6. The molecule has 0 spiro atoms. The molecule has 2 aliphatic rings. The molecule has 1 aliphatic heterocycles. The molecule has 1 saturated carbocycles. The average Bonchev–Trinajstić information content (AvgIpc) is 3.62. The third-order valence-corrected chi connectivity index (χ3v) is 7.84. The lowest BCUT2D eigenvalue weighted by molar-refractivity contribution is -0.265. The molecule has 4 aromatic rings. The third-order valence-electron chi connectivity index (χ3n) is 7.84. The van der Waals surface area contributed by atoms with Crippen LogP contribution < -0.4 is 15.8 Å². The number of carbonyl (C=O) groups is 2. The number of pyridine rings is 1. The highest BCUT2D eigenvalue weighted by Crippen LogP contribution is 2.47. The summed E-state index contributed by atoms with van der Waals surface area (Å²) in [5.74, 6) is -2.33. The number of amides is 2. The standard InChI is InChI=1S/C29H25F4N5O4/c1-27(26(34)40)14-42-24-20(27)11-22(36-23(24)15-2-5-18(30)6-3-15)28(41,29(31,32)33)13-35-25(39)16-4-9-21-17(10-16)12-38(37-21)19-7-8-19/h2-6,9-12,19,41H,7-8,13-14H2,1H3,(H2,34,40)(H,35,39)/t27-,28-/m0/s1. The maximum Gasteiger partial charge on any atom is 0.424 e. The van der Waals surface area contributed by atoms with Crippen LogP contribution in [0.3, 0.4) is 0 Å². The molecule has 2 atom stereocenters. The van der Waals surface area contributed by atoms with Gasteiger partial charge in [0.25, 0.3) is 5.91 Å². The van der Waals surface area contributed by atoms with Crippen molar-refractivity contribution in [1.29, 1.82) is 0 Å². The maximum absolute atomic E-state index is 14.6. The third kappa shape index (κ3) is 4.53. The molecule has 3 heterocycles. The largest absolute Gasteiger partial charge is 0.489 e. The Morgan fingerprint density at radius 1 is 1.17 bits per heavy atom. The number of fused-ring (bicyclic) bond motifs is 2. The Bertz CT molecular complexity index is 1730. The fourth-order valence-electron chi connectivity index (χ4n) is 4.96. The first-order valence-corrected chi connectivity index (χ1v) is 13.1. The van der Waals surface area contributed by atoms with E-state index in [4.69, 9.17) is 10.5 Å². The van der Waals surface area contributed by atoms with E-state index in [1.165, 1.54) is 31.2 Å². The fraction of sp³-hybridized carbons (Fsp3) is 0.310. The first-order chi connectivity index (χ1) is 19.8. The number of nitrogens with one attached hydrogen (secondary N) is 1. The number of ether oxygens (including phenoxy) is 1. The average molecular weight is 584 g/mol. The quantitative estimate of drug-likeness (QED) is 0.283. The molecule has 4 N–H and O–H groups in total. The number of hydrogen-bond acceptors (Lipinski definition) is 6. The normalized spacial score (nSPS) is 19.7. The number of aromatic nitrogens is 3. The van der Waals surface area contributed by atoms with Gasteiger partial charge in [0.15, 0.2) is 0 Å². The Morgan fingerprint density at radius 2 is 1.88 bits per heavy atom. The van der Waals surface area contributed by atoms with Gasteiger partial charge in [0.05, 0.1) is 23.8 Å². The number of hydrogen-bond donors (Lipinski definition) is 3. The van der Waals surface area contributed by atoms with Gasteiger partial charge in [-0.05, 0) is 68.3 Å². The Kier molecular flexibility index (Phi) is 6.26. The molecule has 1 fully saturated rings. The molecule has 0 radical (unpaired) electrons. The molecule has 0 unspecified atom stereocenters. The Balaban J connectivity index is 1.38. The zero-order valence-electron chi connectivity index (χ0n) is 22.2. The Morgan fingerprint density at radius 3 is 2.52 bits per heavy atom. The number of alkyl halides is 3. The second-order valence-electron chi connectivity index (χ2n) is 10.9. The van der Waals surface area contributed by atoms with Crippen LogP contribution in [0, 0.1) is 5.82 Å². The number of aliphatic hydroxyl groups is 1. The lowest BCUT2D eigenvalue weighted by atomic mass is 9.81. The van der Waals surface area contributed by atoms with Crippen molar-refractivity contribution in [3.05, 3.63) is 77.4 Å². The van der Waals surface area contributed by atoms with Gasteiger partial charge in [0, 0.05) is 28.3 Å². The smallest absolute Gasteiger partial charge is 0.424 e. The second-order valence-corrected chi connectivity index (χ2v) is 10.9. The van der Waals surface area contributed by atoms with E-state index in [0.29, 0.717) is 16.9 Å². The number of benzene rings is 2. The van der Waals surface area contributed by atoms with E-state index in [2.05, 4.69) is 15.4 Å². The van der Waals surface area contributed by atoms with Gasteiger partial charge >= 0.3 is 6.18 Å². The predicted octanol–water partition coefficient (Wildman–Crippen LogP) is 3.89. The van der Waals surface area contributed by atoms with Crippen LogP contribution in [0.5, 0.6) is 5.75 Å². The first kappa shape index (κ1) is 27.6. The van der Waals surface area contributed by atoms with E-state index < -0.39 is 47.1 Å². The molecule has 2 aromatic carbocycles. The number of nitrogens with zero attached hydrogens (tertiary/aromatic N) is 3. The first-order valence-electron chi connectivity index (χ1n) is 13.1. The van der Waals surface area contributed by atoms with Gasteiger partial charge in [0.2, 0.25) is 11.5 Å². The van der Waals surface area contributed by atoms with Gasteiger partial charge < -0.3 is 20.9 Å². The van der Waals surface area contributed by atoms with Crippen molar-refractivity contribution in [2.75, 3.05) is 13.2 Å². The molecule has 9 nitrogen and oxygen atoms in total. The van der Waals surface area contributed by atoms with Crippen molar-refractivity contribution in [1.82, 2.24) is 20.1 Å². The molecule has 2 amide bonds. The van der Waals surface area contributed by atoms with Crippen LogP contribution in [0.1, 0.15) is 47.4 Å². The number of halogens is 4. The van der Waals surface area contributed by atoms with Crippen molar-refractivity contribution < 1.29 is 37.0 Å². The minimum Gasteiger partial charge on any atom is -0.489 e. The zero-order valence-corrected chi connectivity index (χ0v) is 22.2. The van der Waals surface area contributed by atoms with Gasteiger partial charge in [-0.25, -0.2) is 9.37 Å². The molecule has 2 aromatic heterocycles. The molecule has 13 heteroatoms.